The third kappa shape index (κ3) is 4.14. The number of nitrogens with one attached hydrogen (secondary N) is 1. The van der Waals surface area contributed by atoms with Crippen molar-refractivity contribution in [2.24, 2.45) is 0 Å². The van der Waals surface area contributed by atoms with Crippen molar-refractivity contribution in [1.29, 1.82) is 0 Å². The highest BCUT2D eigenvalue weighted by molar-refractivity contribution is 5.92. The number of rotatable bonds is 3. The van der Waals surface area contributed by atoms with Crippen molar-refractivity contribution in [3.05, 3.63) is 23.8 Å². The Morgan fingerprint density at radius 2 is 2.05 bits per heavy atom. The number of carbonyl (C=O) groups is 2. The lowest BCUT2D eigenvalue weighted by molar-refractivity contribution is 0.0856. The average Bonchev–Trinajstić information content (AvgIpc) is 2.49. The van der Waals surface area contributed by atoms with Gasteiger partial charge in [-0.15, -0.1) is 0 Å². The molecule has 0 aliphatic carbocycles. The van der Waals surface area contributed by atoms with Gasteiger partial charge in [0.25, 0.3) is 5.91 Å². The second-order valence-corrected chi connectivity index (χ2v) is 4.98. The Morgan fingerprint density at radius 1 is 1.33 bits per heavy atom. The van der Waals surface area contributed by atoms with Crippen molar-refractivity contribution >= 4 is 12.0 Å². The van der Waals surface area contributed by atoms with Crippen LogP contribution < -0.4 is 5.32 Å². The molecule has 114 valence electrons. The van der Waals surface area contributed by atoms with Crippen LogP contribution in [0.2, 0.25) is 0 Å². The molecule has 21 heavy (non-hydrogen) atoms. The SMILES string of the molecule is CCOC(=O)N1CCC(NC(=O)c2cnc(C)cn2)CC1. The predicted octanol–water partition coefficient (Wildman–Crippen LogP) is 1.14. The number of nitrogens with zero attached hydrogens (tertiary/aromatic N) is 3. The highest BCUT2D eigenvalue weighted by atomic mass is 16.6. The first-order valence-corrected chi connectivity index (χ1v) is 7.11. The van der Waals surface area contributed by atoms with Crippen LogP contribution in [0.15, 0.2) is 12.4 Å². The van der Waals surface area contributed by atoms with Crippen molar-refractivity contribution in [2.45, 2.75) is 32.7 Å². The Hall–Kier alpha value is -2.18. The number of likely N-dealkylation sites (tertiary alicyclic amines) is 1. The van der Waals surface area contributed by atoms with Gasteiger partial charge in [-0.05, 0) is 26.7 Å². The van der Waals surface area contributed by atoms with E-state index in [2.05, 4.69) is 15.3 Å². The lowest BCUT2D eigenvalue weighted by Crippen LogP contribution is -2.46. The van der Waals surface area contributed by atoms with Crippen molar-refractivity contribution < 1.29 is 14.3 Å². The Bertz CT molecular complexity index is 495. The van der Waals surface area contributed by atoms with Crippen molar-refractivity contribution in [3.8, 4) is 0 Å². The van der Waals surface area contributed by atoms with Crippen LogP contribution in [0.4, 0.5) is 4.79 Å². The first-order chi connectivity index (χ1) is 10.1. The minimum Gasteiger partial charge on any atom is -0.450 e. The van der Waals surface area contributed by atoms with Gasteiger partial charge in [-0.1, -0.05) is 0 Å². The Labute approximate surface area is 123 Å². The Kier molecular flexibility index (Phi) is 5.08. The molecule has 0 bridgehead atoms. The molecule has 1 fully saturated rings. The number of aryl methyl sites for hydroxylation is 1. The second-order valence-electron chi connectivity index (χ2n) is 4.98. The van der Waals surface area contributed by atoms with Gasteiger partial charge in [0.2, 0.25) is 0 Å². The van der Waals surface area contributed by atoms with Crippen molar-refractivity contribution in [2.75, 3.05) is 19.7 Å². The molecule has 1 saturated heterocycles. The van der Waals surface area contributed by atoms with Crippen LogP contribution in [0.5, 0.6) is 0 Å². The first kappa shape index (κ1) is 15.2. The Balaban J connectivity index is 1.82. The Morgan fingerprint density at radius 3 is 2.62 bits per heavy atom. The van der Waals surface area contributed by atoms with E-state index < -0.39 is 0 Å². The summed E-state index contributed by atoms with van der Waals surface area (Å²) in [5.74, 6) is -0.225. The van der Waals surface area contributed by atoms with Crippen LogP contribution in [-0.2, 0) is 4.74 Å². The molecule has 1 aromatic rings. The number of carbonyl (C=O) groups excluding carboxylic acids is 2. The van der Waals surface area contributed by atoms with Gasteiger partial charge in [-0.2, -0.15) is 0 Å². The fraction of sp³-hybridized carbons (Fsp3) is 0.571. The third-order valence-corrected chi connectivity index (χ3v) is 3.37. The summed E-state index contributed by atoms with van der Waals surface area (Å²) in [6.45, 7) is 5.15. The fourth-order valence-electron chi connectivity index (χ4n) is 2.19. The smallest absolute Gasteiger partial charge is 0.409 e. The van der Waals surface area contributed by atoms with Crippen LogP contribution in [-0.4, -0.2) is 52.6 Å². The predicted molar refractivity (Wildman–Crippen MR) is 75.9 cm³/mol. The van der Waals surface area contributed by atoms with E-state index in [9.17, 15) is 9.59 Å². The summed E-state index contributed by atoms with van der Waals surface area (Å²) in [7, 11) is 0. The van der Waals surface area contributed by atoms with Gasteiger partial charge in [0, 0.05) is 25.3 Å². The third-order valence-electron chi connectivity index (χ3n) is 3.37. The molecule has 1 aromatic heterocycles. The van der Waals surface area contributed by atoms with E-state index >= 15 is 0 Å². The summed E-state index contributed by atoms with van der Waals surface area (Å²) in [5.41, 5.74) is 1.09. The van der Waals surface area contributed by atoms with Crippen LogP contribution in [0.25, 0.3) is 0 Å². The summed E-state index contributed by atoms with van der Waals surface area (Å²) in [6.07, 6.45) is 4.18. The van der Waals surface area contributed by atoms with E-state index in [0.717, 1.165) is 5.69 Å². The second kappa shape index (κ2) is 7.01. The minimum atomic E-state index is -0.285. The van der Waals surface area contributed by atoms with Gasteiger partial charge in [-0.3, -0.25) is 9.78 Å². The highest BCUT2D eigenvalue weighted by Crippen LogP contribution is 2.12. The molecule has 7 heteroatoms. The molecular formula is C14H20N4O3. The molecule has 0 radical (unpaired) electrons. The molecule has 2 rings (SSSR count). The molecule has 0 unspecified atom stereocenters. The quantitative estimate of drug-likeness (QED) is 0.903. The van der Waals surface area contributed by atoms with Crippen LogP contribution in [0.3, 0.4) is 0 Å². The number of piperidine rings is 1. The van der Waals surface area contributed by atoms with Gasteiger partial charge in [0.1, 0.15) is 5.69 Å². The molecular weight excluding hydrogens is 272 g/mol. The number of ether oxygens (including phenoxy) is 1. The van der Waals surface area contributed by atoms with Gasteiger partial charge in [0.15, 0.2) is 0 Å². The lowest BCUT2D eigenvalue weighted by atomic mass is 10.1. The van der Waals surface area contributed by atoms with Crippen molar-refractivity contribution in [3.63, 3.8) is 0 Å². The van der Waals surface area contributed by atoms with E-state index in [-0.39, 0.29) is 18.0 Å². The topological polar surface area (TPSA) is 84.4 Å². The largest absolute Gasteiger partial charge is 0.450 e. The molecule has 2 heterocycles. The maximum atomic E-state index is 12.0. The van der Waals surface area contributed by atoms with Gasteiger partial charge >= 0.3 is 6.09 Å². The van der Waals surface area contributed by atoms with E-state index in [4.69, 9.17) is 4.74 Å². The van der Waals surface area contributed by atoms with Gasteiger partial charge < -0.3 is 15.0 Å². The number of hydrogen-bond donors (Lipinski definition) is 1. The lowest BCUT2D eigenvalue weighted by Gasteiger charge is -2.31. The molecule has 1 aliphatic heterocycles. The van der Waals surface area contributed by atoms with Crippen LogP contribution in [0, 0.1) is 6.92 Å². The highest BCUT2D eigenvalue weighted by Gasteiger charge is 2.25. The van der Waals surface area contributed by atoms with E-state index in [0.29, 0.717) is 38.2 Å². The van der Waals surface area contributed by atoms with Crippen LogP contribution in [0.1, 0.15) is 35.9 Å². The maximum absolute atomic E-state index is 12.0. The molecule has 1 N–H and O–H groups in total. The van der Waals surface area contributed by atoms with Gasteiger partial charge in [0.05, 0.1) is 18.5 Å². The molecule has 7 nitrogen and oxygen atoms in total. The molecule has 0 aromatic carbocycles. The van der Waals surface area contributed by atoms with Crippen molar-refractivity contribution in [1.82, 2.24) is 20.2 Å². The standard InChI is InChI=1S/C14H20N4O3/c1-3-21-14(20)18-6-4-11(5-7-18)17-13(19)12-9-15-10(2)8-16-12/h8-9,11H,3-7H2,1-2H3,(H,17,19). The van der Waals surface area contributed by atoms with Gasteiger partial charge in [-0.25, -0.2) is 9.78 Å². The number of aromatic nitrogens is 2. The van der Waals surface area contributed by atoms with E-state index in [1.807, 2.05) is 6.92 Å². The molecule has 1 aliphatic rings. The zero-order chi connectivity index (χ0) is 15.2. The zero-order valence-corrected chi connectivity index (χ0v) is 12.3. The van der Waals surface area contributed by atoms with E-state index in [1.165, 1.54) is 6.20 Å². The number of hydrogen-bond acceptors (Lipinski definition) is 5. The maximum Gasteiger partial charge on any atom is 0.409 e. The monoisotopic (exact) mass is 292 g/mol. The molecule has 2 amide bonds. The molecule has 0 atom stereocenters. The minimum absolute atomic E-state index is 0.0475. The first-order valence-electron chi connectivity index (χ1n) is 7.11. The summed E-state index contributed by atoms with van der Waals surface area (Å²) < 4.78 is 4.96. The summed E-state index contributed by atoms with van der Waals surface area (Å²) in [5, 5.41) is 2.93. The van der Waals surface area contributed by atoms with E-state index in [1.54, 1.807) is 18.0 Å². The normalized spacial score (nSPS) is 15.6. The number of amides is 2. The molecule has 0 spiro atoms. The summed E-state index contributed by atoms with van der Waals surface area (Å²) in [6, 6.07) is 0.0475. The fourth-order valence-corrected chi connectivity index (χ4v) is 2.19. The summed E-state index contributed by atoms with van der Waals surface area (Å²) >= 11 is 0. The zero-order valence-electron chi connectivity index (χ0n) is 12.3. The molecule has 0 saturated carbocycles. The van der Waals surface area contributed by atoms with Crippen LogP contribution >= 0.6 is 0 Å². The average molecular weight is 292 g/mol. The summed E-state index contributed by atoms with van der Waals surface area (Å²) in [4.78, 5) is 33.4.